The smallest absolute Gasteiger partial charge is 0.0175 e. The first kappa shape index (κ1) is 11.7. The van der Waals surface area contributed by atoms with Crippen molar-refractivity contribution in [2.75, 3.05) is 13.1 Å². The monoisotopic (exact) mass is 293 g/mol. The number of rotatable bonds is 2. The fraction of sp³-hybridized carbons (Fsp3) is 0.600. The van der Waals surface area contributed by atoms with E-state index in [0.717, 1.165) is 12.0 Å². The minimum atomic E-state index is 0.767. The molecule has 1 saturated heterocycles. The van der Waals surface area contributed by atoms with Gasteiger partial charge >= 0.3 is 0 Å². The maximum Gasteiger partial charge on any atom is 0.0175 e. The van der Waals surface area contributed by atoms with Crippen molar-refractivity contribution in [3.05, 3.63) is 34.3 Å². The van der Waals surface area contributed by atoms with Crippen LogP contribution in [0.4, 0.5) is 0 Å². The summed E-state index contributed by atoms with van der Waals surface area (Å²) in [6.07, 6.45) is 7.12. The van der Waals surface area contributed by atoms with Gasteiger partial charge in [-0.25, -0.2) is 0 Å². The quantitative estimate of drug-likeness (QED) is 0.791. The molecular weight excluding hydrogens is 274 g/mol. The first-order valence-electron chi connectivity index (χ1n) is 6.82. The van der Waals surface area contributed by atoms with Crippen molar-refractivity contribution in [3.8, 4) is 0 Å². The molecule has 1 aliphatic carbocycles. The number of nitrogens with zero attached hydrogens (tertiary/aromatic N) is 1. The van der Waals surface area contributed by atoms with Gasteiger partial charge in [0.1, 0.15) is 0 Å². The average molecular weight is 294 g/mol. The summed E-state index contributed by atoms with van der Waals surface area (Å²) >= 11 is 3.51. The highest BCUT2D eigenvalue weighted by molar-refractivity contribution is 9.10. The molecule has 2 heteroatoms. The van der Waals surface area contributed by atoms with Crippen molar-refractivity contribution in [2.45, 2.75) is 44.1 Å². The van der Waals surface area contributed by atoms with Gasteiger partial charge in [0, 0.05) is 17.1 Å². The van der Waals surface area contributed by atoms with Gasteiger partial charge < -0.3 is 0 Å². The van der Waals surface area contributed by atoms with Crippen molar-refractivity contribution in [3.63, 3.8) is 0 Å². The topological polar surface area (TPSA) is 3.24 Å². The SMILES string of the molecule is Brc1ccc(C2CCN(C3CCCC3)C2)cc1. The molecule has 1 nitrogen and oxygen atoms in total. The summed E-state index contributed by atoms with van der Waals surface area (Å²) in [7, 11) is 0. The Hall–Kier alpha value is -0.340. The predicted octanol–water partition coefficient (Wildman–Crippen LogP) is 4.18. The van der Waals surface area contributed by atoms with E-state index in [0.29, 0.717) is 0 Å². The van der Waals surface area contributed by atoms with Crippen LogP contribution in [0.1, 0.15) is 43.6 Å². The molecule has 0 amide bonds. The van der Waals surface area contributed by atoms with E-state index in [9.17, 15) is 0 Å². The molecule has 1 aliphatic heterocycles. The second-order valence-corrected chi connectivity index (χ2v) is 6.39. The van der Waals surface area contributed by atoms with Crippen LogP contribution in [0.25, 0.3) is 0 Å². The third-order valence-corrected chi connectivity index (χ3v) is 4.93. The highest BCUT2D eigenvalue weighted by Crippen LogP contribution is 2.33. The van der Waals surface area contributed by atoms with Crippen LogP contribution in [0.2, 0.25) is 0 Å². The van der Waals surface area contributed by atoms with Crippen LogP contribution in [-0.2, 0) is 0 Å². The Bertz CT molecular complexity index is 367. The Morgan fingerprint density at radius 3 is 2.41 bits per heavy atom. The minimum absolute atomic E-state index is 0.767. The predicted molar refractivity (Wildman–Crippen MR) is 75.3 cm³/mol. The first-order chi connectivity index (χ1) is 8.33. The van der Waals surface area contributed by atoms with Crippen LogP contribution in [0.3, 0.4) is 0 Å². The molecule has 1 saturated carbocycles. The van der Waals surface area contributed by atoms with E-state index in [1.807, 2.05) is 0 Å². The molecule has 2 aliphatic rings. The Balaban J connectivity index is 1.65. The molecule has 1 aromatic carbocycles. The van der Waals surface area contributed by atoms with Gasteiger partial charge in [-0.2, -0.15) is 0 Å². The zero-order valence-corrected chi connectivity index (χ0v) is 11.8. The van der Waals surface area contributed by atoms with Crippen LogP contribution >= 0.6 is 15.9 Å². The van der Waals surface area contributed by atoms with Gasteiger partial charge in [0.25, 0.3) is 0 Å². The second-order valence-electron chi connectivity index (χ2n) is 5.47. The molecule has 2 fully saturated rings. The van der Waals surface area contributed by atoms with Crippen molar-refractivity contribution in [2.24, 2.45) is 0 Å². The maximum absolute atomic E-state index is 3.51. The largest absolute Gasteiger partial charge is 0.300 e. The van der Waals surface area contributed by atoms with Gasteiger partial charge in [-0.15, -0.1) is 0 Å². The third kappa shape index (κ3) is 2.58. The van der Waals surface area contributed by atoms with E-state index in [2.05, 4.69) is 45.1 Å². The molecule has 17 heavy (non-hydrogen) atoms. The lowest BCUT2D eigenvalue weighted by Crippen LogP contribution is -2.30. The van der Waals surface area contributed by atoms with E-state index in [1.165, 1.54) is 55.2 Å². The number of benzene rings is 1. The van der Waals surface area contributed by atoms with Crippen molar-refractivity contribution < 1.29 is 0 Å². The van der Waals surface area contributed by atoms with Crippen LogP contribution in [-0.4, -0.2) is 24.0 Å². The van der Waals surface area contributed by atoms with Gasteiger partial charge in [0.15, 0.2) is 0 Å². The highest BCUT2D eigenvalue weighted by atomic mass is 79.9. The Morgan fingerprint density at radius 1 is 1.00 bits per heavy atom. The molecule has 0 aromatic heterocycles. The molecule has 1 aromatic rings. The minimum Gasteiger partial charge on any atom is -0.300 e. The molecule has 1 heterocycles. The van der Waals surface area contributed by atoms with E-state index in [4.69, 9.17) is 0 Å². The fourth-order valence-corrected chi connectivity index (χ4v) is 3.66. The lowest BCUT2D eigenvalue weighted by atomic mass is 9.99. The van der Waals surface area contributed by atoms with Crippen LogP contribution in [0, 0.1) is 0 Å². The summed E-state index contributed by atoms with van der Waals surface area (Å²) in [6.45, 7) is 2.59. The Labute approximate surface area is 112 Å². The van der Waals surface area contributed by atoms with Crippen molar-refractivity contribution in [1.82, 2.24) is 4.90 Å². The Kier molecular flexibility index (Phi) is 3.53. The number of hydrogen-bond acceptors (Lipinski definition) is 1. The molecular formula is C15H20BrN. The standard InChI is InChI=1S/C15H20BrN/c16-14-7-5-12(6-8-14)13-9-10-17(11-13)15-3-1-2-4-15/h5-8,13,15H,1-4,9-11H2. The maximum atomic E-state index is 3.51. The highest BCUT2D eigenvalue weighted by Gasteiger charge is 2.30. The third-order valence-electron chi connectivity index (χ3n) is 4.40. The van der Waals surface area contributed by atoms with E-state index in [1.54, 1.807) is 0 Å². The van der Waals surface area contributed by atoms with Crippen LogP contribution in [0.5, 0.6) is 0 Å². The average Bonchev–Trinajstić information content (AvgIpc) is 3.00. The summed E-state index contributed by atoms with van der Waals surface area (Å²) in [4.78, 5) is 2.74. The first-order valence-corrected chi connectivity index (χ1v) is 7.62. The number of likely N-dealkylation sites (tertiary alicyclic amines) is 1. The van der Waals surface area contributed by atoms with Crippen LogP contribution in [0.15, 0.2) is 28.7 Å². The van der Waals surface area contributed by atoms with E-state index in [-0.39, 0.29) is 0 Å². The van der Waals surface area contributed by atoms with Crippen LogP contribution < -0.4 is 0 Å². The lowest BCUT2D eigenvalue weighted by molar-refractivity contribution is 0.243. The molecule has 0 bridgehead atoms. The summed E-state index contributed by atoms with van der Waals surface area (Å²) < 4.78 is 1.19. The molecule has 1 atom stereocenters. The molecule has 0 spiro atoms. The molecule has 0 radical (unpaired) electrons. The zero-order valence-electron chi connectivity index (χ0n) is 10.2. The summed E-state index contributed by atoms with van der Waals surface area (Å²) in [5, 5.41) is 0. The van der Waals surface area contributed by atoms with Gasteiger partial charge in [-0.05, 0) is 49.4 Å². The molecule has 3 rings (SSSR count). The van der Waals surface area contributed by atoms with E-state index >= 15 is 0 Å². The normalized spacial score (nSPS) is 26.8. The molecule has 92 valence electrons. The summed E-state index contributed by atoms with van der Waals surface area (Å²) in [5.41, 5.74) is 1.52. The van der Waals surface area contributed by atoms with E-state index < -0.39 is 0 Å². The Morgan fingerprint density at radius 2 is 1.71 bits per heavy atom. The second kappa shape index (κ2) is 5.11. The summed E-state index contributed by atoms with van der Waals surface area (Å²) in [6, 6.07) is 9.82. The van der Waals surface area contributed by atoms with Gasteiger partial charge in [-0.3, -0.25) is 4.90 Å². The zero-order chi connectivity index (χ0) is 11.7. The summed E-state index contributed by atoms with van der Waals surface area (Å²) in [5.74, 6) is 0.767. The van der Waals surface area contributed by atoms with Crippen molar-refractivity contribution >= 4 is 15.9 Å². The fourth-order valence-electron chi connectivity index (χ4n) is 3.40. The number of hydrogen-bond donors (Lipinski definition) is 0. The number of halogens is 1. The van der Waals surface area contributed by atoms with Gasteiger partial charge in [0.05, 0.1) is 0 Å². The van der Waals surface area contributed by atoms with Gasteiger partial charge in [0.2, 0.25) is 0 Å². The van der Waals surface area contributed by atoms with Gasteiger partial charge in [-0.1, -0.05) is 40.9 Å². The lowest BCUT2D eigenvalue weighted by Gasteiger charge is -2.23. The van der Waals surface area contributed by atoms with Crippen molar-refractivity contribution in [1.29, 1.82) is 0 Å². The molecule has 1 unspecified atom stereocenters. The molecule has 0 N–H and O–H groups in total.